The summed E-state index contributed by atoms with van der Waals surface area (Å²) in [5.41, 5.74) is -0.471. The first kappa shape index (κ1) is 13.3. The standard InChI is InChI=1S/C12H17FO2S/c1-9-4-6-11(7-5-9)16(15)10(2)12(3,14)8-13/h4-7,10,14H,8H2,1-3H3/t10-,12+,16?/m1/s1. The maximum atomic E-state index is 12.6. The summed E-state index contributed by atoms with van der Waals surface area (Å²) in [6.45, 7) is 4.00. The lowest BCUT2D eigenvalue weighted by Gasteiger charge is -2.26. The van der Waals surface area contributed by atoms with Crippen LogP contribution in [0.3, 0.4) is 0 Å². The Morgan fingerprint density at radius 3 is 2.38 bits per heavy atom. The van der Waals surface area contributed by atoms with Crippen molar-refractivity contribution in [3.63, 3.8) is 0 Å². The number of hydrogen-bond donors (Lipinski definition) is 1. The lowest BCUT2D eigenvalue weighted by molar-refractivity contribution is 0.0342. The fraction of sp³-hybridized carbons (Fsp3) is 0.500. The van der Waals surface area contributed by atoms with Crippen LogP contribution in [-0.2, 0) is 10.8 Å². The van der Waals surface area contributed by atoms with E-state index in [9.17, 15) is 13.7 Å². The SMILES string of the molecule is Cc1ccc(S(=O)[C@H](C)[C@@](C)(O)CF)cc1. The number of alkyl halides is 1. The van der Waals surface area contributed by atoms with Gasteiger partial charge in [0.15, 0.2) is 0 Å². The smallest absolute Gasteiger partial charge is 0.119 e. The maximum Gasteiger partial charge on any atom is 0.119 e. The molecule has 1 N–H and O–H groups in total. The molecule has 90 valence electrons. The first-order chi connectivity index (χ1) is 7.38. The molecule has 0 fully saturated rings. The summed E-state index contributed by atoms with van der Waals surface area (Å²) in [6.07, 6.45) is 0. The minimum absolute atomic E-state index is 0.617. The summed E-state index contributed by atoms with van der Waals surface area (Å²) >= 11 is 0. The average Bonchev–Trinajstić information content (AvgIpc) is 2.28. The zero-order chi connectivity index (χ0) is 12.3. The second-order valence-corrected chi connectivity index (χ2v) is 6.02. The zero-order valence-electron chi connectivity index (χ0n) is 9.74. The van der Waals surface area contributed by atoms with Gasteiger partial charge >= 0.3 is 0 Å². The van der Waals surface area contributed by atoms with Gasteiger partial charge in [0.25, 0.3) is 0 Å². The molecule has 0 saturated heterocycles. The number of aryl methyl sites for hydroxylation is 1. The highest BCUT2D eigenvalue weighted by Gasteiger charge is 2.33. The minimum atomic E-state index is -1.55. The third-order valence-electron chi connectivity index (χ3n) is 2.72. The molecule has 1 rings (SSSR count). The Morgan fingerprint density at radius 2 is 1.94 bits per heavy atom. The van der Waals surface area contributed by atoms with E-state index in [-0.39, 0.29) is 0 Å². The molecule has 0 radical (unpaired) electrons. The summed E-state index contributed by atoms with van der Waals surface area (Å²) in [5.74, 6) is 0. The molecule has 0 aromatic heterocycles. The van der Waals surface area contributed by atoms with E-state index in [4.69, 9.17) is 0 Å². The monoisotopic (exact) mass is 244 g/mol. The second kappa shape index (κ2) is 5.06. The predicted molar refractivity (Wildman–Crippen MR) is 63.6 cm³/mol. The molecule has 0 heterocycles. The van der Waals surface area contributed by atoms with Crippen molar-refractivity contribution in [1.82, 2.24) is 0 Å². The van der Waals surface area contributed by atoms with Crippen molar-refractivity contribution < 1.29 is 13.7 Å². The molecule has 0 amide bonds. The molecule has 0 aliphatic heterocycles. The van der Waals surface area contributed by atoms with Crippen LogP contribution in [0.15, 0.2) is 29.2 Å². The van der Waals surface area contributed by atoms with E-state index >= 15 is 0 Å². The molecule has 0 saturated carbocycles. The Labute approximate surface area is 98.0 Å². The second-order valence-electron chi connectivity index (χ2n) is 4.24. The van der Waals surface area contributed by atoms with Crippen molar-refractivity contribution in [3.05, 3.63) is 29.8 Å². The number of halogens is 1. The largest absolute Gasteiger partial charge is 0.386 e. The normalized spacial score (nSPS) is 18.8. The third kappa shape index (κ3) is 2.89. The van der Waals surface area contributed by atoms with Crippen molar-refractivity contribution in [2.24, 2.45) is 0 Å². The summed E-state index contributed by atoms with van der Waals surface area (Å²) in [7, 11) is -1.40. The van der Waals surface area contributed by atoms with Gasteiger partial charge in [-0.1, -0.05) is 17.7 Å². The van der Waals surface area contributed by atoms with Crippen LogP contribution in [0, 0.1) is 6.92 Å². The molecule has 1 unspecified atom stereocenters. The van der Waals surface area contributed by atoms with Gasteiger partial charge in [0.05, 0.1) is 16.0 Å². The molecule has 16 heavy (non-hydrogen) atoms. The minimum Gasteiger partial charge on any atom is -0.386 e. The number of hydrogen-bond acceptors (Lipinski definition) is 2. The molecule has 3 atom stereocenters. The summed E-state index contributed by atoms with van der Waals surface area (Å²) < 4.78 is 24.6. The highest BCUT2D eigenvalue weighted by molar-refractivity contribution is 7.85. The summed E-state index contributed by atoms with van der Waals surface area (Å²) in [4.78, 5) is 0.617. The fourth-order valence-corrected chi connectivity index (χ4v) is 2.55. The molecular formula is C12H17FO2S. The van der Waals surface area contributed by atoms with E-state index in [0.29, 0.717) is 4.90 Å². The Hall–Kier alpha value is -0.740. The van der Waals surface area contributed by atoms with E-state index in [0.717, 1.165) is 5.56 Å². The summed E-state index contributed by atoms with van der Waals surface area (Å²) in [5, 5.41) is 9.07. The zero-order valence-corrected chi connectivity index (χ0v) is 10.6. The highest BCUT2D eigenvalue weighted by Crippen LogP contribution is 2.21. The summed E-state index contributed by atoms with van der Waals surface area (Å²) in [6, 6.07) is 7.20. The van der Waals surface area contributed by atoms with E-state index in [2.05, 4.69) is 0 Å². The van der Waals surface area contributed by atoms with Crippen LogP contribution in [0.2, 0.25) is 0 Å². The van der Waals surface area contributed by atoms with E-state index < -0.39 is 28.3 Å². The Balaban J connectivity index is 2.90. The van der Waals surface area contributed by atoms with Crippen LogP contribution in [0.25, 0.3) is 0 Å². The third-order valence-corrected chi connectivity index (χ3v) is 4.61. The molecule has 1 aromatic carbocycles. The molecule has 0 spiro atoms. The van der Waals surface area contributed by atoms with E-state index in [1.165, 1.54) is 6.92 Å². The van der Waals surface area contributed by atoms with Gasteiger partial charge in [0.1, 0.15) is 12.3 Å². The van der Waals surface area contributed by atoms with Gasteiger partial charge < -0.3 is 5.11 Å². The van der Waals surface area contributed by atoms with Gasteiger partial charge in [-0.15, -0.1) is 0 Å². The van der Waals surface area contributed by atoms with Gasteiger partial charge in [0.2, 0.25) is 0 Å². The first-order valence-corrected chi connectivity index (χ1v) is 6.35. The van der Waals surface area contributed by atoms with Crippen LogP contribution >= 0.6 is 0 Å². The van der Waals surface area contributed by atoms with Crippen LogP contribution in [0.4, 0.5) is 4.39 Å². The molecule has 0 aliphatic carbocycles. The lowest BCUT2D eigenvalue weighted by atomic mass is 10.1. The van der Waals surface area contributed by atoms with Crippen LogP contribution in [-0.4, -0.2) is 26.8 Å². The van der Waals surface area contributed by atoms with Gasteiger partial charge in [0, 0.05) is 4.90 Å². The van der Waals surface area contributed by atoms with Gasteiger partial charge in [-0.05, 0) is 32.9 Å². The van der Waals surface area contributed by atoms with Crippen molar-refractivity contribution >= 4 is 10.8 Å². The van der Waals surface area contributed by atoms with Crippen molar-refractivity contribution in [3.8, 4) is 0 Å². The van der Waals surface area contributed by atoms with Crippen LogP contribution < -0.4 is 0 Å². The number of rotatable bonds is 4. The number of aliphatic hydroxyl groups is 1. The maximum absolute atomic E-state index is 12.6. The van der Waals surface area contributed by atoms with Crippen molar-refractivity contribution in [1.29, 1.82) is 0 Å². The van der Waals surface area contributed by atoms with Gasteiger partial charge in [-0.2, -0.15) is 0 Å². The van der Waals surface area contributed by atoms with Crippen molar-refractivity contribution in [2.75, 3.05) is 6.67 Å². The molecule has 1 aromatic rings. The lowest BCUT2D eigenvalue weighted by Crippen LogP contribution is -2.42. The van der Waals surface area contributed by atoms with Crippen molar-refractivity contribution in [2.45, 2.75) is 36.5 Å². The van der Waals surface area contributed by atoms with Gasteiger partial charge in [-0.3, -0.25) is 4.21 Å². The number of benzene rings is 1. The van der Waals surface area contributed by atoms with Crippen LogP contribution in [0.5, 0.6) is 0 Å². The molecular weight excluding hydrogens is 227 g/mol. The average molecular weight is 244 g/mol. The predicted octanol–water partition coefficient (Wildman–Crippen LogP) is 2.21. The molecule has 2 nitrogen and oxygen atoms in total. The van der Waals surface area contributed by atoms with E-state index in [1.807, 2.05) is 19.1 Å². The van der Waals surface area contributed by atoms with E-state index in [1.54, 1.807) is 19.1 Å². The molecule has 0 bridgehead atoms. The molecule has 0 aliphatic rings. The van der Waals surface area contributed by atoms with Gasteiger partial charge in [-0.25, -0.2) is 4.39 Å². The quantitative estimate of drug-likeness (QED) is 0.881. The Kier molecular flexibility index (Phi) is 4.21. The first-order valence-electron chi connectivity index (χ1n) is 5.14. The fourth-order valence-electron chi connectivity index (χ4n) is 1.22. The Morgan fingerprint density at radius 1 is 1.44 bits per heavy atom. The molecule has 4 heteroatoms. The highest BCUT2D eigenvalue weighted by atomic mass is 32.2. The Bertz CT molecular complexity index is 373. The topological polar surface area (TPSA) is 37.3 Å². The van der Waals surface area contributed by atoms with Crippen LogP contribution in [0.1, 0.15) is 19.4 Å².